The normalized spacial score (nSPS) is 11.2. The van der Waals surface area contributed by atoms with E-state index < -0.39 is 0 Å². The summed E-state index contributed by atoms with van der Waals surface area (Å²) in [7, 11) is 0. The molecule has 0 saturated carbocycles. The van der Waals surface area contributed by atoms with Crippen LogP contribution in [-0.2, 0) is 0 Å². The smallest absolute Gasteiger partial charge is 0.259 e. The van der Waals surface area contributed by atoms with Crippen LogP contribution in [0, 0.1) is 13.8 Å². The van der Waals surface area contributed by atoms with Crippen molar-refractivity contribution < 1.29 is 0 Å². The lowest BCUT2D eigenvalue weighted by Gasteiger charge is -2.07. The molecular weight excluding hydrogens is 230 g/mol. The third kappa shape index (κ3) is 1.44. The van der Waals surface area contributed by atoms with Crippen LogP contribution in [0.15, 0.2) is 33.9 Å². The van der Waals surface area contributed by atoms with Crippen molar-refractivity contribution in [3.8, 4) is 0 Å². The largest absolute Gasteiger partial charge is 0.308 e. The first-order valence-corrected chi connectivity index (χ1v) is 5.59. The van der Waals surface area contributed by atoms with E-state index in [1.807, 2.05) is 13.0 Å². The van der Waals surface area contributed by atoms with Gasteiger partial charge in [0.15, 0.2) is 0 Å². The van der Waals surface area contributed by atoms with Crippen LogP contribution in [0.2, 0.25) is 0 Å². The standard InChI is InChI=1S/C13H11N3O2/c1-7-5-11(17)15-13-9(7)3-4-10-14-8(2)6-12(18)16(10)13/h3-6H,1-2H3,(H,15,17). The van der Waals surface area contributed by atoms with E-state index in [1.165, 1.54) is 16.5 Å². The SMILES string of the molecule is Cc1cc(=O)n2c(ccc3c(C)cc(=O)[nH]c32)n1. The molecular formula is C13H11N3O2. The minimum Gasteiger partial charge on any atom is -0.308 e. The summed E-state index contributed by atoms with van der Waals surface area (Å²) in [5.41, 5.74) is 2.12. The second-order valence-electron chi connectivity index (χ2n) is 4.34. The Morgan fingerprint density at radius 2 is 1.94 bits per heavy atom. The molecule has 0 atom stereocenters. The highest BCUT2D eigenvalue weighted by Gasteiger charge is 2.07. The summed E-state index contributed by atoms with van der Waals surface area (Å²) in [6, 6.07) is 6.61. The van der Waals surface area contributed by atoms with E-state index in [9.17, 15) is 9.59 Å². The van der Waals surface area contributed by atoms with E-state index in [2.05, 4.69) is 9.97 Å². The van der Waals surface area contributed by atoms with Crippen LogP contribution in [0.4, 0.5) is 0 Å². The summed E-state index contributed by atoms with van der Waals surface area (Å²) in [5, 5.41) is 0.842. The molecule has 0 aromatic carbocycles. The van der Waals surface area contributed by atoms with Crippen LogP contribution in [-0.4, -0.2) is 14.4 Å². The van der Waals surface area contributed by atoms with Gasteiger partial charge in [0.2, 0.25) is 5.56 Å². The Morgan fingerprint density at radius 1 is 1.17 bits per heavy atom. The zero-order valence-corrected chi connectivity index (χ0v) is 10.0. The average molecular weight is 241 g/mol. The fourth-order valence-electron chi connectivity index (χ4n) is 2.18. The summed E-state index contributed by atoms with van der Waals surface area (Å²) < 4.78 is 1.43. The zero-order valence-electron chi connectivity index (χ0n) is 10.0. The van der Waals surface area contributed by atoms with Crippen molar-refractivity contribution >= 4 is 16.7 Å². The minimum atomic E-state index is -0.222. The number of pyridine rings is 2. The molecule has 0 fully saturated rings. The maximum absolute atomic E-state index is 12.0. The summed E-state index contributed by atoms with van der Waals surface area (Å²) in [6.07, 6.45) is 0. The number of aryl methyl sites for hydroxylation is 2. The van der Waals surface area contributed by atoms with Crippen molar-refractivity contribution in [2.75, 3.05) is 0 Å². The summed E-state index contributed by atoms with van der Waals surface area (Å²) >= 11 is 0. The van der Waals surface area contributed by atoms with E-state index in [-0.39, 0.29) is 11.1 Å². The number of rotatable bonds is 0. The van der Waals surface area contributed by atoms with Gasteiger partial charge in [0.1, 0.15) is 11.3 Å². The lowest BCUT2D eigenvalue weighted by atomic mass is 10.2. The van der Waals surface area contributed by atoms with Gasteiger partial charge >= 0.3 is 0 Å². The number of aromatic nitrogens is 3. The second-order valence-corrected chi connectivity index (χ2v) is 4.34. The van der Waals surface area contributed by atoms with E-state index in [0.717, 1.165) is 10.9 Å². The Morgan fingerprint density at radius 3 is 2.72 bits per heavy atom. The predicted molar refractivity (Wildman–Crippen MR) is 69.1 cm³/mol. The lowest BCUT2D eigenvalue weighted by Crippen LogP contribution is -2.18. The van der Waals surface area contributed by atoms with Gasteiger partial charge in [-0.05, 0) is 31.5 Å². The van der Waals surface area contributed by atoms with Crippen molar-refractivity contribution in [2.45, 2.75) is 13.8 Å². The second kappa shape index (κ2) is 3.53. The van der Waals surface area contributed by atoms with Gasteiger partial charge in [0, 0.05) is 23.2 Å². The van der Waals surface area contributed by atoms with Gasteiger partial charge in [-0.2, -0.15) is 0 Å². The fourth-order valence-corrected chi connectivity index (χ4v) is 2.18. The highest BCUT2D eigenvalue weighted by atomic mass is 16.1. The Bertz CT molecular complexity index is 890. The number of nitrogens with zero attached hydrogens (tertiary/aromatic N) is 2. The topological polar surface area (TPSA) is 67.2 Å². The maximum atomic E-state index is 12.0. The number of aromatic amines is 1. The van der Waals surface area contributed by atoms with Crippen molar-refractivity contribution in [1.29, 1.82) is 0 Å². The average Bonchev–Trinajstić information content (AvgIpc) is 2.26. The van der Waals surface area contributed by atoms with Crippen LogP contribution in [0.25, 0.3) is 16.7 Å². The Labute approximate surface area is 102 Å². The Hall–Kier alpha value is -2.43. The van der Waals surface area contributed by atoms with Gasteiger partial charge < -0.3 is 4.98 Å². The minimum absolute atomic E-state index is 0.190. The van der Waals surface area contributed by atoms with Crippen molar-refractivity contribution in [2.24, 2.45) is 0 Å². The molecule has 0 spiro atoms. The first-order valence-electron chi connectivity index (χ1n) is 5.59. The summed E-state index contributed by atoms with van der Waals surface area (Å²) in [6.45, 7) is 3.61. The van der Waals surface area contributed by atoms with E-state index >= 15 is 0 Å². The molecule has 5 nitrogen and oxygen atoms in total. The van der Waals surface area contributed by atoms with Gasteiger partial charge in [0.25, 0.3) is 5.56 Å². The summed E-state index contributed by atoms with van der Waals surface area (Å²) in [4.78, 5) is 30.6. The molecule has 90 valence electrons. The monoisotopic (exact) mass is 241 g/mol. The molecule has 18 heavy (non-hydrogen) atoms. The Balaban J connectivity index is 2.69. The van der Waals surface area contributed by atoms with Gasteiger partial charge in [-0.25, -0.2) is 9.38 Å². The van der Waals surface area contributed by atoms with Crippen LogP contribution in [0.1, 0.15) is 11.3 Å². The molecule has 3 aromatic rings. The zero-order chi connectivity index (χ0) is 12.9. The number of H-pyrrole nitrogens is 1. The first kappa shape index (κ1) is 10.7. The molecule has 3 heterocycles. The molecule has 0 aliphatic carbocycles. The number of hydrogen-bond donors (Lipinski definition) is 1. The van der Waals surface area contributed by atoms with Gasteiger partial charge in [0.05, 0.1) is 0 Å². The van der Waals surface area contributed by atoms with Crippen molar-refractivity contribution in [3.05, 3.63) is 56.2 Å². The lowest BCUT2D eigenvalue weighted by molar-refractivity contribution is 1.03. The first-order chi connectivity index (χ1) is 8.56. The van der Waals surface area contributed by atoms with Crippen LogP contribution in [0.3, 0.4) is 0 Å². The molecule has 5 heteroatoms. The fraction of sp³-hybridized carbons (Fsp3) is 0.154. The third-order valence-corrected chi connectivity index (χ3v) is 2.96. The van der Waals surface area contributed by atoms with Crippen LogP contribution >= 0.6 is 0 Å². The van der Waals surface area contributed by atoms with E-state index in [4.69, 9.17) is 0 Å². The highest BCUT2D eigenvalue weighted by Crippen LogP contribution is 2.14. The van der Waals surface area contributed by atoms with E-state index in [1.54, 1.807) is 13.0 Å². The number of nitrogens with one attached hydrogen (secondary N) is 1. The highest BCUT2D eigenvalue weighted by molar-refractivity contribution is 5.81. The maximum Gasteiger partial charge on any atom is 0.259 e. The molecule has 0 unspecified atom stereocenters. The van der Waals surface area contributed by atoms with E-state index in [0.29, 0.717) is 17.0 Å². The van der Waals surface area contributed by atoms with Crippen molar-refractivity contribution in [1.82, 2.24) is 14.4 Å². The van der Waals surface area contributed by atoms with Gasteiger partial charge in [-0.1, -0.05) is 0 Å². The molecule has 0 aliphatic rings. The van der Waals surface area contributed by atoms with Crippen molar-refractivity contribution in [3.63, 3.8) is 0 Å². The van der Waals surface area contributed by atoms with Gasteiger partial charge in [-0.15, -0.1) is 0 Å². The third-order valence-electron chi connectivity index (χ3n) is 2.96. The van der Waals surface area contributed by atoms with Crippen LogP contribution in [0.5, 0.6) is 0 Å². The molecule has 0 aliphatic heterocycles. The predicted octanol–water partition coefficient (Wildman–Crippen LogP) is 1.15. The molecule has 0 amide bonds. The molecule has 1 N–H and O–H groups in total. The van der Waals surface area contributed by atoms with Gasteiger partial charge in [-0.3, -0.25) is 9.59 Å². The number of hydrogen-bond acceptors (Lipinski definition) is 3. The quantitative estimate of drug-likeness (QED) is 0.600. The summed E-state index contributed by atoms with van der Waals surface area (Å²) in [5.74, 6) is 0. The Kier molecular flexibility index (Phi) is 2.10. The van der Waals surface area contributed by atoms with Crippen LogP contribution < -0.4 is 11.1 Å². The molecule has 0 radical (unpaired) electrons. The molecule has 0 saturated heterocycles. The molecule has 0 bridgehead atoms. The molecule has 3 rings (SSSR count). The number of fused-ring (bicyclic) bond motifs is 3. The molecule has 3 aromatic heterocycles.